The van der Waals surface area contributed by atoms with E-state index in [2.05, 4.69) is 19.2 Å². The van der Waals surface area contributed by atoms with Gasteiger partial charge in [0.1, 0.15) is 5.75 Å². The molecule has 0 aliphatic heterocycles. The highest BCUT2D eigenvalue weighted by Crippen LogP contribution is 2.15. The summed E-state index contributed by atoms with van der Waals surface area (Å²) in [5, 5.41) is 2.99. The minimum atomic E-state index is -0.424. The van der Waals surface area contributed by atoms with Gasteiger partial charge in [-0.1, -0.05) is 50.2 Å². The normalized spacial score (nSPS) is 10.4. The maximum absolute atomic E-state index is 12.7. The standard InChI is InChI=1S/C22H27N3O3S/c1-16(2)15-28-19-10-6-9-18(13-19)21(27)24-22(29)25(12-11-20(23)26)14-17-7-4-3-5-8-17/h3-10,13,16H,11-12,14-15H2,1-2H3,(H2,23,26)(H,24,27,29). The Kier molecular flexibility index (Phi) is 8.61. The van der Waals surface area contributed by atoms with E-state index in [1.54, 1.807) is 23.1 Å². The van der Waals surface area contributed by atoms with E-state index in [9.17, 15) is 9.59 Å². The third-order valence-corrected chi connectivity index (χ3v) is 4.39. The molecule has 7 heteroatoms. The Labute approximate surface area is 177 Å². The number of benzene rings is 2. The van der Waals surface area contributed by atoms with Gasteiger partial charge in [0.2, 0.25) is 5.91 Å². The zero-order valence-corrected chi connectivity index (χ0v) is 17.6. The summed E-state index contributed by atoms with van der Waals surface area (Å²) in [5.41, 5.74) is 6.74. The first-order valence-electron chi connectivity index (χ1n) is 9.50. The molecule has 0 aromatic heterocycles. The van der Waals surface area contributed by atoms with Crippen molar-refractivity contribution in [3.8, 4) is 5.75 Å². The van der Waals surface area contributed by atoms with Crippen LogP contribution < -0.4 is 15.8 Å². The van der Waals surface area contributed by atoms with Crippen LogP contribution >= 0.6 is 12.2 Å². The molecular formula is C22H27N3O3S. The Bertz CT molecular complexity index is 840. The SMILES string of the molecule is CC(C)COc1cccc(C(=O)NC(=S)N(CCC(N)=O)Cc2ccccc2)c1. The molecule has 0 unspecified atom stereocenters. The maximum Gasteiger partial charge on any atom is 0.257 e. The van der Waals surface area contributed by atoms with Crippen molar-refractivity contribution < 1.29 is 14.3 Å². The van der Waals surface area contributed by atoms with Crippen molar-refractivity contribution in [2.75, 3.05) is 13.2 Å². The van der Waals surface area contributed by atoms with Crippen molar-refractivity contribution in [3.05, 3.63) is 65.7 Å². The minimum absolute atomic E-state index is 0.140. The predicted octanol–water partition coefficient (Wildman–Crippen LogP) is 3.11. The molecule has 2 aromatic rings. The molecule has 0 radical (unpaired) electrons. The van der Waals surface area contributed by atoms with Gasteiger partial charge in [-0.3, -0.25) is 14.9 Å². The van der Waals surface area contributed by atoms with Crippen LogP contribution in [0.3, 0.4) is 0 Å². The van der Waals surface area contributed by atoms with Crippen LogP contribution in [0.25, 0.3) is 0 Å². The van der Waals surface area contributed by atoms with E-state index in [4.69, 9.17) is 22.7 Å². The molecule has 0 spiro atoms. The Hall–Kier alpha value is -2.93. The van der Waals surface area contributed by atoms with Gasteiger partial charge < -0.3 is 15.4 Å². The molecule has 2 rings (SSSR count). The minimum Gasteiger partial charge on any atom is -0.493 e. The summed E-state index contributed by atoms with van der Waals surface area (Å²) in [7, 11) is 0. The van der Waals surface area contributed by atoms with Crippen LogP contribution in [0.4, 0.5) is 0 Å². The van der Waals surface area contributed by atoms with Gasteiger partial charge in [0, 0.05) is 25.1 Å². The number of nitrogens with two attached hydrogens (primary N) is 1. The molecule has 0 aliphatic rings. The number of ether oxygens (including phenoxy) is 1. The molecule has 0 fully saturated rings. The fraction of sp³-hybridized carbons (Fsp3) is 0.318. The summed E-state index contributed by atoms with van der Waals surface area (Å²) in [6.07, 6.45) is 0.140. The van der Waals surface area contributed by atoms with Gasteiger partial charge >= 0.3 is 0 Å². The van der Waals surface area contributed by atoms with E-state index in [1.165, 1.54) is 0 Å². The lowest BCUT2D eigenvalue weighted by Gasteiger charge is -2.25. The Balaban J connectivity index is 2.06. The number of hydrogen-bond donors (Lipinski definition) is 2. The Morgan fingerprint density at radius 1 is 1.14 bits per heavy atom. The van der Waals surface area contributed by atoms with Crippen LogP contribution in [0, 0.1) is 5.92 Å². The number of nitrogens with zero attached hydrogens (tertiary/aromatic N) is 1. The highest BCUT2D eigenvalue weighted by molar-refractivity contribution is 7.80. The van der Waals surface area contributed by atoms with E-state index in [0.717, 1.165) is 5.56 Å². The number of carbonyl (C=O) groups is 2. The topological polar surface area (TPSA) is 84.7 Å². The fourth-order valence-electron chi connectivity index (χ4n) is 2.54. The number of primary amides is 1. The van der Waals surface area contributed by atoms with Crippen LogP contribution in [0.15, 0.2) is 54.6 Å². The average Bonchev–Trinajstić information content (AvgIpc) is 2.70. The first-order valence-corrected chi connectivity index (χ1v) is 9.91. The highest BCUT2D eigenvalue weighted by atomic mass is 32.1. The summed E-state index contributed by atoms with van der Waals surface area (Å²) in [4.78, 5) is 25.6. The molecule has 0 aliphatic carbocycles. The van der Waals surface area contributed by atoms with Gasteiger partial charge in [0.05, 0.1) is 6.61 Å². The van der Waals surface area contributed by atoms with Crippen molar-refractivity contribution >= 4 is 29.1 Å². The lowest BCUT2D eigenvalue weighted by atomic mass is 10.2. The predicted molar refractivity (Wildman–Crippen MR) is 118 cm³/mol. The van der Waals surface area contributed by atoms with Crippen molar-refractivity contribution in [3.63, 3.8) is 0 Å². The molecule has 0 saturated heterocycles. The second-order valence-corrected chi connectivity index (χ2v) is 7.50. The van der Waals surface area contributed by atoms with Crippen molar-refractivity contribution in [1.29, 1.82) is 0 Å². The van der Waals surface area contributed by atoms with Crippen molar-refractivity contribution in [1.82, 2.24) is 10.2 Å². The third kappa shape index (κ3) is 7.91. The van der Waals surface area contributed by atoms with Gasteiger partial charge in [-0.05, 0) is 41.9 Å². The molecule has 0 atom stereocenters. The largest absolute Gasteiger partial charge is 0.493 e. The van der Waals surface area contributed by atoms with Crippen LogP contribution in [0.1, 0.15) is 36.2 Å². The Morgan fingerprint density at radius 2 is 1.86 bits per heavy atom. The third-order valence-electron chi connectivity index (χ3n) is 4.03. The molecule has 29 heavy (non-hydrogen) atoms. The number of rotatable bonds is 9. The summed E-state index contributed by atoms with van der Waals surface area (Å²) in [5.74, 6) is 0.262. The highest BCUT2D eigenvalue weighted by Gasteiger charge is 2.16. The zero-order valence-electron chi connectivity index (χ0n) is 16.8. The van der Waals surface area contributed by atoms with Crippen LogP contribution in [0.2, 0.25) is 0 Å². The van der Waals surface area contributed by atoms with E-state index < -0.39 is 5.91 Å². The first kappa shape index (κ1) is 22.4. The van der Waals surface area contributed by atoms with Crippen LogP contribution in [-0.4, -0.2) is 35.0 Å². The average molecular weight is 414 g/mol. The second-order valence-electron chi connectivity index (χ2n) is 7.12. The summed E-state index contributed by atoms with van der Waals surface area (Å²) >= 11 is 5.43. The lowest BCUT2D eigenvalue weighted by Crippen LogP contribution is -2.43. The van der Waals surface area contributed by atoms with E-state index >= 15 is 0 Å². The van der Waals surface area contributed by atoms with Crippen LogP contribution in [-0.2, 0) is 11.3 Å². The monoisotopic (exact) mass is 413 g/mol. The number of carbonyl (C=O) groups excluding carboxylic acids is 2. The second kappa shape index (κ2) is 11.2. The van der Waals surface area contributed by atoms with Crippen molar-refractivity contribution in [2.45, 2.75) is 26.8 Å². The maximum atomic E-state index is 12.7. The molecule has 154 valence electrons. The van der Waals surface area contributed by atoms with E-state index in [1.807, 2.05) is 36.4 Å². The number of nitrogens with one attached hydrogen (secondary N) is 1. The van der Waals surface area contributed by atoms with Gasteiger partial charge in [0.15, 0.2) is 5.11 Å². The molecule has 2 amide bonds. The van der Waals surface area contributed by atoms with Gasteiger partial charge in [-0.15, -0.1) is 0 Å². The molecule has 0 heterocycles. The fourth-order valence-corrected chi connectivity index (χ4v) is 2.79. The Morgan fingerprint density at radius 3 is 2.52 bits per heavy atom. The summed E-state index contributed by atoms with van der Waals surface area (Å²) in [6.45, 7) is 5.47. The van der Waals surface area contributed by atoms with Crippen LogP contribution in [0.5, 0.6) is 5.75 Å². The number of hydrogen-bond acceptors (Lipinski definition) is 4. The molecule has 0 saturated carbocycles. The zero-order chi connectivity index (χ0) is 21.2. The quantitative estimate of drug-likeness (QED) is 0.617. The molecule has 6 nitrogen and oxygen atoms in total. The van der Waals surface area contributed by atoms with E-state index in [0.29, 0.717) is 36.9 Å². The van der Waals surface area contributed by atoms with Crippen molar-refractivity contribution in [2.24, 2.45) is 11.7 Å². The molecule has 3 N–H and O–H groups in total. The lowest BCUT2D eigenvalue weighted by molar-refractivity contribution is -0.118. The molecule has 0 bridgehead atoms. The van der Waals surface area contributed by atoms with E-state index in [-0.39, 0.29) is 17.4 Å². The van der Waals surface area contributed by atoms with Gasteiger partial charge in [-0.25, -0.2) is 0 Å². The number of thiocarbonyl (C=S) groups is 1. The van der Waals surface area contributed by atoms with Gasteiger partial charge in [0.25, 0.3) is 5.91 Å². The smallest absolute Gasteiger partial charge is 0.257 e. The number of amides is 2. The summed E-state index contributed by atoms with van der Waals surface area (Å²) in [6, 6.07) is 16.6. The molecule has 2 aromatic carbocycles. The molecular weight excluding hydrogens is 386 g/mol. The van der Waals surface area contributed by atoms with Gasteiger partial charge in [-0.2, -0.15) is 0 Å². The first-order chi connectivity index (χ1) is 13.8. The summed E-state index contributed by atoms with van der Waals surface area (Å²) < 4.78 is 5.68.